The first-order chi connectivity index (χ1) is 8.63. The molecule has 0 atom stereocenters. The van der Waals surface area contributed by atoms with E-state index in [0.29, 0.717) is 11.4 Å². The Morgan fingerprint density at radius 2 is 1.67 bits per heavy atom. The second kappa shape index (κ2) is 7.26. The third kappa shape index (κ3) is 4.56. The number of methoxy groups -OCH3 is 1. The fourth-order valence-electron chi connectivity index (χ4n) is 1.17. The average molecular weight is 272 g/mol. The zero-order valence-corrected chi connectivity index (χ0v) is 11.6. The molecule has 0 bridgehead atoms. The zero-order valence-electron chi connectivity index (χ0n) is 10.7. The molecule has 0 aliphatic rings. The maximum Gasteiger partial charge on any atom is 0.472 e. The van der Waals surface area contributed by atoms with Gasteiger partial charge in [0.15, 0.2) is 0 Å². The van der Waals surface area contributed by atoms with Crippen LogP contribution in [-0.4, -0.2) is 20.3 Å². The molecule has 0 aliphatic heterocycles. The van der Waals surface area contributed by atoms with Crippen LogP contribution >= 0.6 is 7.75 Å². The zero-order chi connectivity index (χ0) is 13.4. The molecule has 0 heterocycles. The molecule has 0 spiro atoms. The molecule has 0 aliphatic carbocycles. The van der Waals surface area contributed by atoms with Crippen LogP contribution in [0.25, 0.3) is 0 Å². The standard InChI is InChI=1S/C11H17N2O4P/c1-4-16-18(14,17-5-2)13-12-10-6-8-11(15-3)9-7-10/h6-9H,4-5H2,1-3H3. The van der Waals surface area contributed by atoms with Gasteiger partial charge in [-0.3, -0.25) is 9.05 Å². The molecule has 18 heavy (non-hydrogen) atoms. The number of hydrogen-bond acceptors (Lipinski definition) is 5. The molecule has 6 nitrogen and oxygen atoms in total. The SMILES string of the molecule is CCOP(=O)(N=Nc1ccc(OC)cc1)OCC. The first-order valence-electron chi connectivity index (χ1n) is 5.60. The minimum Gasteiger partial charge on any atom is -0.497 e. The van der Waals surface area contributed by atoms with Gasteiger partial charge in [-0.2, -0.15) is 0 Å². The van der Waals surface area contributed by atoms with Gasteiger partial charge in [0.2, 0.25) is 0 Å². The van der Waals surface area contributed by atoms with Crippen LogP contribution in [0.15, 0.2) is 34.3 Å². The Hall–Kier alpha value is -1.23. The van der Waals surface area contributed by atoms with Gasteiger partial charge in [-0.05, 0) is 38.1 Å². The van der Waals surface area contributed by atoms with E-state index in [-0.39, 0.29) is 13.2 Å². The summed E-state index contributed by atoms with van der Waals surface area (Å²) in [4.78, 5) is 3.66. The van der Waals surface area contributed by atoms with Gasteiger partial charge >= 0.3 is 7.75 Å². The Morgan fingerprint density at radius 1 is 1.11 bits per heavy atom. The highest BCUT2D eigenvalue weighted by molar-refractivity contribution is 7.52. The molecular weight excluding hydrogens is 255 g/mol. The molecule has 0 aromatic heterocycles. The molecule has 0 amide bonds. The van der Waals surface area contributed by atoms with Gasteiger partial charge in [0.25, 0.3) is 0 Å². The van der Waals surface area contributed by atoms with Crippen LogP contribution in [0.1, 0.15) is 13.8 Å². The Balaban J connectivity index is 2.78. The predicted octanol–water partition coefficient (Wildman–Crippen LogP) is 3.96. The maximum atomic E-state index is 12.0. The van der Waals surface area contributed by atoms with E-state index in [1.54, 1.807) is 45.2 Å². The van der Waals surface area contributed by atoms with Gasteiger partial charge in [0.1, 0.15) is 5.75 Å². The van der Waals surface area contributed by atoms with Crippen molar-refractivity contribution < 1.29 is 18.3 Å². The first kappa shape index (κ1) is 14.8. The lowest BCUT2D eigenvalue weighted by Crippen LogP contribution is -1.92. The second-order valence-electron chi connectivity index (χ2n) is 3.19. The molecule has 0 radical (unpaired) electrons. The maximum absolute atomic E-state index is 12.0. The molecule has 0 saturated carbocycles. The van der Waals surface area contributed by atoms with Gasteiger partial charge in [-0.1, -0.05) is 4.88 Å². The van der Waals surface area contributed by atoms with E-state index < -0.39 is 7.75 Å². The highest BCUT2D eigenvalue weighted by Crippen LogP contribution is 2.50. The van der Waals surface area contributed by atoms with E-state index in [0.717, 1.165) is 0 Å². The summed E-state index contributed by atoms with van der Waals surface area (Å²) in [6, 6.07) is 6.87. The van der Waals surface area contributed by atoms with Crippen molar-refractivity contribution >= 4 is 13.4 Å². The minimum absolute atomic E-state index is 0.249. The highest BCUT2D eigenvalue weighted by atomic mass is 31.2. The first-order valence-corrected chi connectivity index (χ1v) is 7.09. The van der Waals surface area contributed by atoms with Crippen molar-refractivity contribution in [3.05, 3.63) is 24.3 Å². The molecule has 0 N–H and O–H groups in total. The molecule has 1 aromatic carbocycles. The van der Waals surface area contributed by atoms with E-state index >= 15 is 0 Å². The Bertz CT molecular complexity index is 423. The number of hydrogen-bond donors (Lipinski definition) is 0. The summed E-state index contributed by atoms with van der Waals surface area (Å²) in [5.41, 5.74) is 0.551. The van der Waals surface area contributed by atoms with Crippen LogP contribution in [0.2, 0.25) is 0 Å². The van der Waals surface area contributed by atoms with E-state index in [4.69, 9.17) is 13.8 Å². The summed E-state index contributed by atoms with van der Waals surface area (Å²) in [6.07, 6.45) is 0. The normalized spacial score (nSPS) is 11.9. The van der Waals surface area contributed by atoms with Crippen molar-refractivity contribution in [1.29, 1.82) is 0 Å². The molecule has 1 rings (SSSR count). The van der Waals surface area contributed by atoms with E-state index in [2.05, 4.69) is 10.00 Å². The monoisotopic (exact) mass is 272 g/mol. The van der Waals surface area contributed by atoms with E-state index in [1.165, 1.54) is 0 Å². The van der Waals surface area contributed by atoms with Crippen LogP contribution in [0.5, 0.6) is 5.75 Å². The van der Waals surface area contributed by atoms with Crippen LogP contribution in [0.4, 0.5) is 5.69 Å². The van der Waals surface area contributed by atoms with Crippen molar-refractivity contribution in [1.82, 2.24) is 0 Å². The Kier molecular flexibility index (Phi) is 5.98. The van der Waals surface area contributed by atoms with E-state index in [1.807, 2.05) is 0 Å². The smallest absolute Gasteiger partial charge is 0.472 e. The van der Waals surface area contributed by atoms with Crippen molar-refractivity contribution in [3.63, 3.8) is 0 Å². The van der Waals surface area contributed by atoms with Crippen LogP contribution in [0, 0.1) is 0 Å². The Labute approximate surface area is 107 Å². The second-order valence-corrected chi connectivity index (χ2v) is 4.82. The highest BCUT2D eigenvalue weighted by Gasteiger charge is 2.22. The van der Waals surface area contributed by atoms with Gasteiger partial charge in [-0.15, -0.1) is 5.11 Å². The lowest BCUT2D eigenvalue weighted by molar-refractivity contribution is 0.219. The van der Waals surface area contributed by atoms with Gasteiger partial charge in [0, 0.05) is 0 Å². The van der Waals surface area contributed by atoms with Crippen molar-refractivity contribution in [3.8, 4) is 5.75 Å². The fraction of sp³-hybridized carbons (Fsp3) is 0.455. The van der Waals surface area contributed by atoms with E-state index in [9.17, 15) is 4.57 Å². The molecule has 1 aromatic rings. The molecular formula is C11H17N2O4P. The van der Waals surface area contributed by atoms with Crippen molar-refractivity contribution in [2.24, 2.45) is 10.00 Å². The van der Waals surface area contributed by atoms with Crippen LogP contribution < -0.4 is 4.74 Å². The minimum atomic E-state index is -3.48. The summed E-state index contributed by atoms with van der Waals surface area (Å²) in [5, 5.41) is 3.85. The molecule has 100 valence electrons. The van der Waals surface area contributed by atoms with Gasteiger partial charge < -0.3 is 4.74 Å². The fourth-order valence-corrected chi connectivity index (χ4v) is 2.21. The lowest BCUT2D eigenvalue weighted by atomic mass is 10.3. The third-order valence-corrected chi connectivity index (χ3v) is 3.40. The number of rotatable bonds is 7. The average Bonchev–Trinajstić information content (AvgIpc) is 2.38. The Morgan fingerprint density at radius 3 is 2.11 bits per heavy atom. The third-order valence-electron chi connectivity index (χ3n) is 1.93. The van der Waals surface area contributed by atoms with Gasteiger partial charge in [-0.25, -0.2) is 4.57 Å². The van der Waals surface area contributed by atoms with Crippen LogP contribution in [-0.2, 0) is 13.6 Å². The van der Waals surface area contributed by atoms with Crippen molar-refractivity contribution in [2.45, 2.75) is 13.8 Å². The summed E-state index contributed by atoms with van der Waals surface area (Å²) < 4.78 is 27.0. The summed E-state index contributed by atoms with van der Waals surface area (Å²) >= 11 is 0. The number of nitrogens with zero attached hydrogens (tertiary/aromatic N) is 2. The molecule has 0 unspecified atom stereocenters. The summed E-state index contributed by atoms with van der Waals surface area (Å²) in [7, 11) is -1.90. The van der Waals surface area contributed by atoms with Crippen molar-refractivity contribution in [2.75, 3.05) is 20.3 Å². The summed E-state index contributed by atoms with van der Waals surface area (Å²) in [6.45, 7) is 3.93. The largest absolute Gasteiger partial charge is 0.497 e. The van der Waals surface area contributed by atoms with Crippen LogP contribution in [0.3, 0.4) is 0 Å². The molecule has 7 heteroatoms. The topological polar surface area (TPSA) is 69.5 Å². The molecule has 0 fully saturated rings. The quantitative estimate of drug-likeness (QED) is 0.556. The summed E-state index contributed by atoms with van der Waals surface area (Å²) in [5.74, 6) is 0.715. The number of benzene rings is 1. The number of ether oxygens (including phenoxy) is 1. The predicted molar refractivity (Wildman–Crippen MR) is 68.4 cm³/mol. The van der Waals surface area contributed by atoms with Gasteiger partial charge in [0.05, 0.1) is 26.0 Å². The molecule has 0 saturated heterocycles. The lowest BCUT2D eigenvalue weighted by Gasteiger charge is -2.09.